The van der Waals surface area contributed by atoms with Crippen LogP contribution in [0.3, 0.4) is 0 Å². The van der Waals surface area contributed by atoms with Crippen molar-refractivity contribution in [3.8, 4) is 11.5 Å². The van der Waals surface area contributed by atoms with Crippen molar-refractivity contribution < 1.29 is 43.3 Å². The Morgan fingerprint density at radius 3 is 2.23 bits per heavy atom. The van der Waals surface area contributed by atoms with Gasteiger partial charge in [-0.2, -0.15) is 0 Å². The highest BCUT2D eigenvalue weighted by Crippen LogP contribution is 2.32. The monoisotopic (exact) mass is 665 g/mol. The molecule has 1 spiro atoms. The molecule has 258 valence electrons. The Kier molecular flexibility index (Phi) is 11.5. The van der Waals surface area contributed by atoms with Crippen molar-refractivity contribution in [2.24, 2.45) is 0 Å². The van der Waals surface area contributed by atoms with Crippen molar-refractivity contribution in [1.82, 2.24) is 26.2 Å². The molecule has 2 bridgehead atoms. The van der Waals surface area contributed by atoms with Crippen molar-refractivity contribution >= 4 is 29.5 Å². The second kappa shape index (κ2) is 15.9. The van der Waals surface area contributed by atoms with E-state index in [4.69, 9.17) is 14.2 Å². The van der Waals surface area contributed by atoms with E-state index >= 15 is 0 Å². The normalized spacial score (nSPS) is 25.6. The molecule has 0 aromatic heterocycles. The summed E-state index contributed by atoms with van der Waals surface area (Å²) in [5.41, 5.74) is -0.704. The van der Waals surface area contributed by atoms with Crippen molar-refractivity contribution in [1.29, 1.82) is 0 Å². The van der Waals surface area contributed by atoms with E-state index < -0.39 is 60.1 Å². The molecule has 14 heteroatoms. The average Bonchev–Trinajstić information content (AvgIpc) is 3.64. The third-order valence-corrected chi connectivity index (χ3v) is 8.78. The molecule has 5 N–H and O–H groups in total. The van der Waals surface area contributed by atoms with E-state index in [-0.39, 0.29) is 51.4 Å². The highest BCUT2D eigenvalue weighted by Gasteiger charge is 2.47. The van der Waals surface area contributed by atoms with E-state index in [0.717, 1.165) is 12.0 Å². The third kappa shape index (κ3) is 8.61. The molecule has 0 aliphatic carbocycles. The standard InChI is InChI=1S/C34H43N5O9/c1-22-29(41)35-15-19-46-24-9-11-25(12-10-24)48-34(13-16-39(17-14-34)32(44)28-8-5-18-47-28)33(45)38-26(20-23-6-3-2-4-7-23)30(42)37-27(21-40)31(43)36-22/h2-4,6-7,9-12,22,26-28,40H,5,8,13-21H2,1H3,(H,35,41)(H,36,43)(H,37,42)(H,38,45)/t22-,26+,27-,28-/m0/s1. The molecule has 4 atom stereocenters. The Balaban J connectivity index is 1.44. The van der Waals surface area contributed by atoms with E-state index in [1.165, 1.54) is 6.92 Å². The molecule has 4 heterocycles. The van der Waals surface area contributed by atoms with E-state index in [9.17, 15) is 29.1 Å². The van der Waals surface area contributed by atoms with Gasteiger partial charge in [-0.25, -0.2) is 0 Å². The fourth-order valence-electron chi connectivity index (χ4n) is 5.96. The highest BCUT2D eigenvalue weighted by molar-refractivity contribution is 5.95. The topological polar surface area (TPSA) is 185 Å². The van der Waals surface area contributed by atoms with Crippen LogP contribution < -0.4 is 30.7 Å². The Labute approximate surface area is 278 Å². The van der Waals surface area contributed by atoms with Crippen LogP contribution >= 0.6 is 0 Å². The minimum absolute atomic E-state index is 0.0722. The maximum absolute atomic E-state index is 14.3. The zero-order valence-corrected chi connectivity index (χ0v) is 26.9. The van der Waals surface area contributed by atoms with E-state index in [2.05, 4.69) is 21.3 Å². The SMILES string of the molecule is C[C@@H]1NC(=O)[C@H](CO)NC(=O)[C@@H](Cc2ccccc2)NC(=O)C2(CCN(C(=O)[C@@H]3CCCO3)CC2)Oc2ccc(cc2)OCCNC1=O. The molecule has 0 saturated carbocycles. The van der Waals surface area contributed by atoms with Crippen LogP contribution in [0.25, 0.3) is 0 Å². The lowest BCUT2D eigenvalue weighted by Gasteiger charge is -2.41. The first-order chi connectivity index (χ1) is 23.2. The predicted molar refractivity (Wildman–Crippen MR) is 172 cm³/mol. The Morgan fingerprint density at radius 1 is 0.875 bits per heavy atom. The molecule has 14 nitrogen and oxygen atoms in total. The van der Waals surface area contributed by atoms with Crippen LogP contribution in [0.4, 0.5) is 0 Å². The van der Waals surface area contributed by atoms with E-state index in [1.807, 2.05) is 6.07 Å². The van der Waals surface area contributed by atoms with Crippen molar-refractivity contribution in [3.63, 3.8) is 0 Å². The van der Waals surface area contributed by atoms with E-state index in [1.54, 1.807) is 53.4 Å². The minimum Gasteiger partial charge on any atom is -0.492 e. The predicted octanol–water partition coefficient (Wildman–Crippen LogP) is -0.176. The Bertz CT molecular complexity index is 1440. The van der Waals surface area contributed by atoms with Crippen LogP contribution in [-0.4, -0.2) is 109 Å². The molecule has 4 aliphatic rings. The molecule has 2 aromatic carbocycles. The first kappa shape index (κ1) is 34.6. The number of hydrogen-bond acceptors (Lipinski definition) is 9. The number of carbonyl (C=O) groups excluding carboxylic acids is 5. The van der Waals surface area contributed by atoms with Gasteiger partial charge in [-0.05, 0) is 49.6 Å². The molecule has 4 aliphatic heterocycles. The number of amides is 5. The van der Waals surface area contributed by atoms with Crippen LogP contribution in [0.1, 0.15) is 38.2 Å². The Hall–Kier alpha value is -4.69. The van der Waals surface area contributed by atoms with Gasteiger partial charge in [0.2, 0.25) is 17.7 Å². The summed E-state index contributed by atoms with van der Waals surface area (Å²) in [5.74, 6) is -1.75. The molecule has 0 unspecified atom stereocenters. The summed E-state index contributed by atoms with van der Waals surface area (Å²) in [7, 11) is 0. The number of piperidine rings is 1. The zero-order chi connectivity index (χ0) is 34.1. The highest BCUT2D eigenvalue weighted by atomic mass is 16.5. The summed E-state index contributed by atoms with van der Waals surface area (Å²) in [6.45, 7) is 2.04. The van der Waals surface area contributed by atoms with Gasteiger partial charge in [-0.3, -0.25) is 24.0 Å². The summed E-state index contributed by atoms with van der Waals surface area (Å²) >= 11 is 0. The molecule has 0 radical (unpaired) electrons. The van der Waals surface area contributed by atoms with E-state index in [0.29, 0.717) is 24.5 Å². The number of aliphatic hydroxyl groups excluding tert-OH is 1. The van der Waals surface area contributed by atoms with Gasteiger partial charge in [0.15, 0.2) is 5.60 Å². The number of carbonyl (C=O) groups is 5. The number of benzene rings is 2. The molecule has 2 saturated heterocycles. The number of nitrogens with zero attached hydrogens (tertiary/aromatic N) is 1. The first-order valence-corrected chi connectivity index (χ1v) is 16.3. The zero-order valence-electron chi connectivity index (χ0n) is 26.9. The number of ether oxygens (including phenoxy) is 3. The minimum atomic E-state index is -1.45. The lowest BCUT2D eigenvalue weighted by atomic mass is 9.88. The van der Waals surface area contributed by atoms with Crippen molar-refractivity contribution in [2.45, 2.75) is 68.9 Å². The van der Waals surface area contributed by atoms with Crippen LogP contribution in [0.15, 0.2) is 54.6 Å². The van der Waals surface area contributed by atoms with Crippen LogP contribution in [0.2, 0.25) is 0 Å². The number of nitrogens with one attached hydrogen (secondary N) is 4. The van der Waals surface area contributed by atoms with Crippen molar-refractivity contribution in [2.75, 3.05) is 39.5 Å². The first-order valence-electron chi connectivity index (χ1n) is 16.3. The summed E-state index contributed by atoms with van der Waals surface area (Å²) in [4.78, 5) is 68.4. The van der Waals surface area contributed by atoms with Crippen LogP contribution in [-0.2, 0) is 35.1 Å². The number of hydrogen-bond donors (Lipinski definition) is 5. The quantitative estimate of drug-likeness (QED) is 0.277. The van der Waals surface area contributed by atoms with Gasteiger partial charge in [-0.1, -0.05) is 30.3 Å². The average molecular weight is 666 g/mol. The van der Waals surface area contributed by atoms with Crippen molar-refractivity contribution in [3.05, 3.63) is 60.2 Å². The lowest BCUT2D eigenvalue weighted by Crippen LogP contribution is -2.63. The van der Waals surface area contributed by atoms with Crippen LogP contribution in [0.5, 0.6) is 11.5 Å². The number of likely N-dealkylation sites (tertiary alicyclic amines) is 1. The van der Waals surface area contributed by atoms with Gasteiger partial charge in [0.1, 0.15) is 42.3 Å². The van der Waals surface area contributed by atoms with Gasteiger partial charge in [-0.15, -0.1) is 0 Å². The number of rotatable bonds is 4. The maximum atomic E-state index is 14.3. The van der Waals surface area contributed by atoms with Gasteiger partial charge in [0, 0.05) is 39.0 Å². The fraction of sp³-hybridized carbons (Fsp3) is 0.500. The summed E-state index contributed by atoms with van der Waals surface area (Å²) in [5, 5.41) is 20.6. The molecular formula is C34H43N5O9. The number of aliphatic hydroxyl groups is 1. The van der Waals surface area contributed by atoms with Gasteiger partial charge >= 0.3 is 0 Å². The maximum Gasteiger partial charge on any atom is 0.265 e. The summed E-state index contributed by atoms with van der Waals surface area (Å²) in [6, 6.07) is 12.2. The molecule has 48 heavy (non-hydrogen) atoms. The van der Waals surface area contributed by atoms with Crippen LogP contribution in [0, 0.1) is 0 Å². The molecule has 2 aromatic rings. The largest absolute Gasteiger partial charge is 0.492 e. The molecular weight excluding hydrogens is 622 g/mol. The third-order valence-electron chi connectivity index (χ3n) is 8.78. The lowest BCUT2D eigenvalue weighted by molar-refractivity contribution is -0.151. The Morgan fingerprint density at radius 2 is 1.56 bits per heavy atom. The second-order valence-corrected chi connectivity index (χ2v) is 12.2. The fourth-order valence-corrected chi connectivity index (χ4v) is 5.96. The summed E-state index contributed by atoms with van der Waals surface area (Å²) in [6.07, 6.45) is 1.34. The second-order valence-electron chi connectivity index (χ2n) is 12.2. The molecule has 2 fully saturated rings. The smallest absolute Gasteiger partial charge is 0.265 e. The molecule has 5 amide bonds. The molecule has 6 rings (SSSR count). The summed E-state index contributed by atoms with van der Waals surface area (Å²) < 4.78 is 17.8. The number of fused-ring (bicyclic) bond motifs is 15. The van der Waals surface area contributed by atoms with Gasteiger partial charge in [0.05, 0.1) is 13.2 Å². The van der Waals surface area contributed by atoms with Gasteiger partial charge < -0.3 is 45.5 Å². The van der Waals surface area contributed by atoms with Gasteiger partial charge in [0.25, 0.3) is 11.8 Å².